The fourth-order valence-corrected chi connectivity index (χ4v) is 8.59. The van der Waals surface area contributed by atoms with E-state index in [0.717, 1.165) is 5.56 Å². The Morgan fingerprint density at radius 3 is 1.32 bits per heavy atom. The van der Waals surface area contributed by atoms with Gasteiger partial charge >= 0.3 is 15.2 Å². The van der Waals surface area contributed by atoms with Crippen molar-refractivity contribution in [3.05, 3.63) is 35.9 Å². The highest BCUT2D eigenvalue weighted by Gasteiger charge is 2.52. The van der Waals surface area contributed by atoms with E-state index < -0.39 is 20.6 Å². The number of hydrogen-bond donors (Lipinski definition) is 0. The van der Waals surface area contributed by atoms with Crippen LogP contribution in [0.4, 0.5) is 0 Å². The topological polar surface area (TPSA) is 71.1 Å². The second-order valence-electron chi connectivity index (χ2n) is 7.79. The molecule has 1 aromatic carbocycles. The molecule has 1 rings (SSSR count). The summed E-state index contributed by atoms with van der Waals surface area (Å²) in [6.45, 7) is 14.1. The Labute approximate surface area is 170 Å². The molecule has 1 radical (unpaired) electrons. The minimum absolute atomic E-state index is 0.169. The van der Waals surface area contributed by atoms with Crippen molar-refractivity contribution in [2.45, 2.75) is 91.6 Å². The summed E-state index contributed by atoms with van der Waals surface area (Å²) in [7, 11) is -7.73. The minimum Gasteiger partial charge on any atom is -0.305 e. The average molecular weight is 433 g/mol. The zero-order valence-electron chi connectivity index (χ0n) is 18.2. The van der Waals surface area contributed by atoms with E-state index in [9.17, 15) is 9.13 Å². The lowest BCUT2D eigenvalue weighted by Crippen LogP contribution is -2.25. The van der Waals surface area contributed by atoms with Gasteiger partial charge in [0.05, 0.1) is 24.4 Å². The fraction of sp³-hybridized carbons (Fsp3) is 0.700. The predicted molar refractivity (Wildman–Crippen MR) is 113 cm³/mol. The Morgan fingerprint density at radius 2 is 1.04 bits per heavy atom. The molecule has 28 heavy (non-hydrogen) atoms. The predicted octanol–water partition coefficient (Wildman–Crippen LogP) is 6.44. The molecule has 8 heteroatoms. The minimum atomic E-state index is -3.86. The Morgan fingerprint density at radius 1 is 0.714 bits per heavy atom. The normalized spacial score (nSPS) is 13.5. The SMILES string of the molecule is CC(C)OP(=O)(OC(C)C)C(Cc1cc[c]cc1)P(=O)(OC(C)C)OC(C)C. The van der Waals surface area contributed by atoms with Crippen molar-refractivity contribution in [2.75, 3.05) is 0 Å². The van der Waals surface area contributed by atoms with Crippen LogP contribution < -0.4 is 0 Å². The molecule has 0 aliphatic heterocycles. The zero-order chi connectivity index (χ0) is 21.5. The lowest BCUT2D eigenvalue weighted by Gasteiger charge is -2.35. The molecule has 0 atom stereocenters. The van der Waals surface area contributed by atoms with Gasteiger partial charge in [0.1, 0.15) is 0 Å². The summed E-state index contributed by atoms with van der Waals surface area (Å²) in [6, 6.07) is 10.1. The van der Waals surface area contributed by atoms with E-state index in [4.69, 9.17) is 18.1 Å². The third-order valence-corrected chi connectivity index (χ3v) is 9.75. The van der Waals surface area contributed by atoms with Gasteiger partial charge in [-0.2, -0.15) is 0 Å². The van der Waals surface area contributed by atoms with Crippen molar-refractivity contribution in [3.63, 3.8) is 0 Å². The Bertz CT molecular complexity index is 607. The fourth-order valence-electron chi connectivity index (χ4n) is 2.67. The van der Waals surface area contributed by atoms with Gasteiger partial charge in [-0.1, -0.05) is 24.3 Å². The monoisotopic (exact) mass is 433 g/mol. The molecule has 0 saturated carbocycles. The van der Waals surface area contributed by atoms with Crippen LogP contribution in [0.1, 0.15) is 61.0 Å². The van der Waals surface area contributed by atoms with Gasteiger partial charge in [0.25, 0.3) is 0 Å². The molecule has 0 saturated heterocycles. The largest absolute Gasteiger partial charge is 0.346 e. The maximum atomic E-state index is 14.0. The smallest absolute Gasteiger partial charge is 0.305 e. The van der Waals surface area contributed by atoms with Gasteiger partial charge in [-0.05, 0) is 73.4 Å². The Kier molecular flexibility index (Phi) is 10.1. The molecule has 6 nitrogen and oxygen atoms in total. The van der Waals surface area contributed by atoms with Gasteiger partial charge in [0.15, 0.2) is 5.40 Å². The summed E-state index contributed by atoms with van der Waals surface area (Å²) >= 11 is 0. The zero-order valence-corrected chi connectivity index (χ0v) is 20.0. The van der Waals surface area contributed by atoms with E-state index >= 15 is 0 Å². The van der Waals surface area contributed by atoms with Crippen molar-refractivity contribution in [1.29, 1.82) is 0 Å². The molecule has 0 N–H and O–H groups in total. The van der Waals surface area contributed by atoms with Gasteiger partial charge in [-0.3, -0.25) is 9.13 Å². The van der Waals surface area contributed by atoms with Gasteiger partial charge in [0, 0.05) is 0 Å². The van der Waals surface area contributed by atoms with Crippen LogP contribution >= 0.6 is 15.2 Å². The van der Waals surface area contributed by atoms with E-state index in [0.29, 0.717) is 0 Å². The second-order valence-corrected chi connectivity index (χ2v) is 12.4. The first-order chi connectivity index (χ1) is 12.9. The van der Waals surface area contributed by atoms with Crippen LogP contribution in [-0.4, -0.2) is 29.8 Å². The Balaban J connectivity index is 3.53. The van der Waals surface area contributed by atoms with Crippen LogP contribution in [0.25, 0.3) is 0 Å². The van der Waals surface area contributed by atoms with E-state index in [1.54, 1.807) is 67.5 Å². The number of rotatable bonds is 12. The maximum Gasteiger partial charge on any atom is 0.346 e. The maximum absolute atomic E-state index is 14.0. The molecule has 0 heterocycles. The van der Waals surface area contributed by atoms with Gasteiger partial charge in [0.2, 0.25) is 0 Å². The summed E-state index contributed by atoms with van der Waals surface area (Å²) in [5.41, 5.74) is 0.823. The molecule has 0 aromatic heterocycles. The number of hydrogen-bond acceptors (Lipinski definition) is 6. The molecule has 1 aromatic rings. The molecule has 0 aliphatic rings. The summed E-state index contributed by atoms with van der Waals surface area (Å²) in [5, 5.41) is -1.09. The van der Waals surface area contributed by atoms with E-state index in [-0.39, 0.29) is 30.8 Å². The lowest BCUT2D eigenvalue weighted by atomic mass is 10.2. The summed E-state index contributed by atoms with van der Waals surface area (Å²) in [4.78, 5) is 0. The van der Waals surface area contributed by atoms with Crippen molar-refractivity contribution >= 4 is 15.2 Å². The molecule has 0 unspecified atom stereocenters. The average Bonchev–Trinajstić information content (AvgIpc) is 2.50. The standard InChI is InChI=1S/C20H35O6P2/c1-15(2)23-27(21,24-16(3)4)20(14-19-12-10-9-11-13-19)28(22,25-17(5)6)26-18(7)8/h10-13,15-18,20H,14H2,1-8H3. The highest BCUT2D eigenvalue weighted by Crippen LogP contribution is 2.72. The van der Waals surface area contributed by atoms with Gasteiger partial charge < -0.3 is 18.1 Å². The molecule has 0 aliphatic carbocycles. The third kappa shape index (κ3) is 8.10. The van der Waals surface area contributed by atoms with Gasteiger partial charge in [-0.25, -0.2) is 0 Å². The summed E-state index contributed by atoms with van der Waals surface area (Å²) in [5.74, 6) is 0. The molecule has 0 spiro atoms. The molecule has 0 amide bonds. The summed E-state index contributed by atoms with van der Waals surface area (Å²) < 4.78 is 51.1. The third-order valence-electron chi connectivity index (χ3n) is 3.37. The van der Waals surface area contributed by atoms with Crippen LogP contribution in [-0.2, 0) is 33.6 Å². The molecular formula is C20H35O6P2. The Hall–Kier alpha value is -0.480. The molecule has 0 bridgehead atoms. The summed E-state index contributed by atoms with van der Waals surface area (Å²) in [6.07, 6.45) is -1.38. The highest BCUT2D eigenvalue weighted by molar-refractivity contribution is 7.72. The van der Waals surface area contributed by atoms with Crippen LogP contribution in [0.15, 0.2) is 24.3 Å². The van der Waals surface area contributed by atoms with Crippen LogP contribution in [0.3, 0.4) is 0 Å². The van der Waals surface area contributed by atoms with Crippen molar-refractivity contribution < 1.29 is 27.2 Å². The number of benzene rings is 1. The van der Waals surface area contributed by atoms with E-state index in [2.05, 4.69) is 6.07 Å². The van der Waals surface area contributed by atoms with E-state index in [1.165, 1.54) is 0 Å². The first-order valence-corrected chi connectivity index (χ1v) is 13.0. The highest BCUT2D eigenvalue weighted by atomic mass is 31.2. The van der Waals surface area contributed by atoms with Crippen LogP contribution in [0, 0.1) is 6.07 Å². The molecule has 161 valence electrons. The van der Waals surface area contributed by atoms with E-state index in [1.807, 2.05) is 12.1 Å². The molecular weight excluding hydrogens is 398 g/mol. The van der Waals surface area contributed by atoms with Crippen LogP contribution in [0.5, 0.6) is 0 Å². The van der Waals surface area contributed by atoms with Gasteiger partial charge in [-0.15, -0.1) is 0 Å². The van der Waals surface area contributed by atoms with Crippen molar-refractivity contribution in [1.82, 2.24) is 0 Å². The van der Waals surface area contributed by atoms with Crippen LogP contribution in [0.2, 0.25) is 0 Å². The second kappa shape index (κ2) is 11.1. The first kappa shape index (κ1) is 25.6. The van der Waals surface area contributed by atoms with Crippen molar-refractivity contribution in [3.8, 4) is 0 Å². The molecule has 0 fully saturated rings. The first-order valence-electron chi connectivity index (χ1n) is 9.76. The quantitative estimate of drug-likeness (QED) is 0.353. The van der Waals surface area contributed by atoms with Crippen molar-refractivity contribution in [2.24, 2.45) is 0 Å². The lowest BCUT2D eigenvalue weighted by molar-refractivity contribution is 0.122.